The molecule has 2 aliphatic heterocycles. The molecule has 2 saturated heterocycles. The SMILES string of the molecule is CC(C)(C)N1C(=O)CC(c2ccc(CC3(CO)CCC(=O)N3)cc2)S1=O. The molecule has 3 unspecified atom stereocenters. The molecule has 2 heterocycles. The summed E-state index contributed by atoms with van der Waals surface area (Å²) in [6.45, 7) is 5.57. The molecule has 0 aromatic heterocycles. The molecular formula is C19H26N2O4S. The molecule has 26 heavy (non-hydrogen) atoms. The smallest absolute Gasteiger partial charge is 0.236 e. The molecule has 6 nitrogen and oxygen atoms in total. The predicted molar refractivity (Wildman–Crippen MR) is 99.4 cm³/mol. The van der Waals surface area contributed by atoms with Crippen LogP contribution in [0.2, 0.25) is 0 Å². The van der Waals surface area contributed by atoms with E-state index < -0.39 is 22.1 Å². The molecule has 0 bridgehead atoms. The van der Waals surface area contributed by atoms with E-state index in [-0.39, 0.29) is 30.1 Å². The van der Waals surface area contributed by atoms with Crippen LogP contribution in [0.1, 0.15) is 56.4 Å². The first-order valence-corrected chi connectivity index (χ1v) is 10.1. The highest BCUT2D eigenvalue weighted by Crippen LogP contribution is 2.37. The van der Waals surface area contributed by atoms with E-state index >= 15 is 0 Å². The number of carbonyl (C=O) groups excluding carboxylic acids is 2. The lowest BCUT2D eigenvalue weighted by Crippen LogP contribution is -2.46. The first-order chi connectivity index (χ1) is 12.1. The van der Waals surface area contributed by atoms with Crippen LogP contribution in [0, 0.1) is 0 Å². The number of rotatable bonds is 4. The number of aliphatic hydroxyl groups excluding tert-OH is 1. The molecule has 2 aliphatic rings. The minimum Gasteiger partial charge on any atom is -0.394 e. The molecule has 1 aromatic carbocycles. The molecule has 2 fully saturated rings. The zero-order valence-corrected chi connectivity index (χ0v) is 16.3. The summed E-state index contributed by atoms with van der Waals surface area (Å²) in [7, 11) is -1.39. The van der Waals surface area contributed by atoms with E-state index in [1.807, 2.05) is 45.0 Å². The zero-order valence-electron chi connectivity index (χ0n) is 15.4. The van der Waals surface area contributed by atoms with Crippen LogP contribution in [0.15, 0.2) is 24.3 Å². The van der Waals surface area contributed by atoms with Crippen LogP contribution in [0.25, 0.3) is 0 Å². The van der Waals surface area contributed by atoms with Gasteiger partial charge in [-0.2, -0.15) is 0 Å². The highest BCUT2D eigenvalue weighted by Gasteiger charge is 2.44. The molecule has 7 heteroatoms. The van der Waals surface area contributed by atoms with Crippen molar-refractivity contribution in [1.29, 1.82) is 0 Å². The number of carbonyl (C=O) groups is 2. The average Bonchev–Trinajstić information content (AvgIpc) is 3.08. The number of nitrogens with one attached hydrogen (secondary N) is 1. The minimum atomic E-state index is -1.39. The Morgan fingerprint density at radius 1 is 1.27 bits per heavy atom. The van der Waals surface area contributed by atoms with Gasteiger partial charge in [-0.1, -0.05) is 24.3 Å². The normalized spacial score (nSPS) is 29.3. The third-order valence-corrected chi connectivity index (χ3v) is 7.09. The molecule has 0 spiro atoms. The topological polar surface area (TPSA) is 86.7 Å². The summed E-state index contributed by atoms with van der Waals surface area (Å²) >= 11 is 0. The van der Waals surface area contributed by atoms with Crippen LogP contribution in [0.4, 0.5) is 0 Å². The van der Waals surface area contributed by atoms with Crippen molar-refractivity contribution >= 4 is 22.8 Å². The molecule has 0 saturated carbocycles. The van der Waals surface area contributed by atoms with E-state index in [1.165, 1.54) is 4.31 Å². The maximum Gasteiger partial charge on any atom is 0.236 e. The number of hydrogen-bond donors (Lipinski definition) is 2. The number of aliphatic hydroxyl groups is 1. The summed E-state index contributed by atoms with van der Waals surface area (Å²) in [5.41, 5.74) is 0.812. The number of benzene rings is 1. The van der Waals surface area contributed by atoms with Crippen LogP contribution < -0.4 is 5.32 Å². The van der Waals surface area contributed by atoms with Crippen LogP contribution >= 0.6 is 0 Å². The van der Waals surface area contributed by atoms with Crippen LogP contribution in [0.5, 0.6) is 0 Å². The number of hydrogen-bond acceptors (Lipinski definition) is 4. The molecule has 0 aliphatic carbocycles. The summed E-state index contributed by atoms with van der Waals surface area (Å²) in [6, 6.07) is 7.66. The second-order valence-electron chi connectivity index (χ2n) is 8.23. The number of nitrogens with zero attached hydrogens (tertiary/aromatic N) is 1. The van der Waals surface area contributed by atoms with Crippen molar-refractivity contribution in [3.63, 3.8) is 0 Å². The summed E-state index contributed by atoms with van der Waals surface area (Å²) in [5, 5.41) is 12.3. The lowest BCUT2D eigenvalue weighted by atomic mass is 9.89. The largest absolute Gasteiger partial charge is 0.394 e. The second kappa shape index (κ2) is 6.78. The second-order valence-corrected chi connectivity index (χ2v) is 9.72. The Kier molecular flexibility index (Phi) is 4.96. The van der Waals surface area contributed by atoms with E-state index in [0.29, 0.717) is 19.3 Å². The fourth-order valence-corrected chi connectivity index (χ4v) is 5.48. The molecular weight excluding hydrogens is 352 g/mol. The van der Waals surface area contributed by atoms with E-state index in [4.69, 9.17) is 0 Å². The third-order valence-electron chi connectivity index (χ3n) is 5.05. The molecule has 3 atom stereocenters. The van der Waals surface area contributed by atoms with Gasteiger partial charge in [-0.3, -0.25) is 13.9 Å². The van der Waals surface area contributed by atoms with E-state index in [0.717, 1.165) is 11.1 Å². The van der Waals surface area contributed by atoms with Gasteiger partial charge in [-0.15, -0.1) is 0 Å². The van der Waals surface area contributed by atoms with Crippen molar-refractivity contribution in [2.45, 2.75) is 62.8 Å². The third kappa shape index (κ3) is 3.55. The van der Waals surface area contributed by atoms with Crippen LogP contribution in [-0.4, -0.2) is 43.1 Å². The van der Waals surface area contributed by atoms with Gasteiger partial charge in [0.15, 0.2) is 0 Å². The Morgan fingerprint density at radius 2 is 1.92 bits per heavy atom. The molecule has 2 amide bonds. The van der Waals surface area contributed by atoms with Gasteiger partial charge in [0.25, 0.3) is 0 Å². The quantitative estimate of drug-likeness (QED) is 0.833. The van der Waals surface area contributed by atoms with Crippen molar-refractivity contribution < 1.29 is 18.9 Å². The Balaban J connectivity index is 1.75. The van der Waals surface area contributed by atoms with Gasteiger partial charge in [0.1, 0.15) is 11.0 Å². The monoisotopic (exact) mass is 378 g/mol. The maximum atomic E-state index is 12.8. The van der Waals surface area contributed by atoms with E-state index in [1.54, 1.807) is 0 Å². The zero-order chi connectivity index (χ0) is 19.1. The predicted octanol–water partition coefficient (Wildman–Crippen LogP) is 1.61. The lowest BCUT2D eigenvalue weighted by Gasteiger charge is -2.30. The van der Waals surface area contributed by atoms with Gasteiger partial charge in [-0.05, 0) is 44.7 Å². The molecule has 3 rings (SSSR count). The fourth-order valence-electron chi connectivity index (χ4n) is 3.74. The Hall–Kier alpha value is -1.73. The Bertz CT molecular complexity index is 741. The van der Waals surface area contributed by atoms with Crippen molar-refractivity contribution in [1.82, 2.24) is 9.62 Å². The van der Waals surface area contributed by atoms with Crippen LogP contribution in [0.3, 0.4) is 0 Å². The van der Waals surface area contributed by atoms with Crippen molar-refractivity contribution in [3.8, 4) is 0 Å². The highest BCUT2D eigenvalue weighted by molar-refractivity contribution is 7.84. The van der Waals surface area contributed by atoms with Gasteiger partial charge in [0.2, 0.25) is 11.8 Å². The first-order valence-electron chi connectivity index (χ1n) is 8.90. The van der Waals surface area contributed by atoms with Gasteiger partial charge < -0.3 is 10.4 Å². The molecule has 1 aromatic rings. The first kappa shape index (κ1) is 19.0. The fraction of sp³-hybridized carbons (Fsp3) is 0.579. The highest BCUT2D eigenvalue weighted by atomic mass is 32.2. The lowest BCUT2D eigenvalue weighted by molar-refractivity contribution is -0.128. The van der Waals surface area contributed by atoms with E-state index in [9.17, 15) is 18.9 Å². The maximum absolute atomic E-state index is 12.8. The summed E-state index contributed by atoms with van der Waals surface area (Å²) < 4.78 is 14.3. The van der Waals surface area contributed by atoms with Gasteiger partial charge >= 0.3 is 0 Å². The summed E-state index contributed by atoms with van der Waals surface area (Å²) in [5.74, 6) is -0.115. The van der Waals surface area contributed by atoms with Crippen LogP contribution in [-0.2, 0) is 27.0 Å². The molecule has 0 radical (unpaired) electrons. The molecule has 142 valence electrons. The minimum absolute atomic E-state index is 0.0298. The Morgan fingerprint density at radius 3 is 2.38 bits per heavy atom. The van der Waals surface area contributed by atoms with E-state index in [2.05, 4.69) is 5.32 Å². The van der Waals surface area contributed by atoms with Crippen molar-refractivity contribution in [2.24, 2.45) is 0 Å². The summed E-state index contributed by atoms with van der Waals surface area (Å²) in [6.07, 6.45) is 1.85. The summed E-state index contributed by atoms with van der Waals surface area (Å²) in [4.78, 5) is 23.8. The van der Waals surface area contributed by atoms with Gasteiger partial charge in [0, 0.05) is 18.4 Å². The Labute approximate surface area is 156 Å². The van der Waals surface area contributed by atoms with Gasteiger partial charge in [-0.25, -0.2) is 4.21 Å². The standard InChI is InChI=1S/C19H26N2O4S/c1-18(2,3)21-17(24)10-15(26(21)25)14-6-4-13(5-7-14)11-19(12-22)9-8-16(23)20-19/h4-7,15,22H,8-12H2,1-3H3,(H,20,23). The van der Waals surface area contributed by atoms with Crippen molar-refractivity contribution in [3.05, 3.63) is 35.4 Å². The number of amides is 2. The average molecular weight is 378 g/mol. The molecule has 2 N–H and O–H groups in total. The van der Waals surface area contributed by atoms with Gasteiger partial charge in [0.05, 0.1) is 17.4 Å². The van der Waals surface area contributed by atoms with Crippen molar-refractivity contribution in [2.75, 3.05) is 6.61 Å².